The van der Waals surface area contributed by atoms with Gasteiger partial charge in [-0.25, -0.2) is 4.79 Å². The van der Waals surface area contributed by atoms with Crippen LogP contribution in [-0.2, 0) is 9.47 Å². The largest absolute Gasteiger partial charge is 0.382 e. The summed E-state index contributed by atoms with van der Waals surface area (Å²) in [4.78, 5) is 14.1. The van der Waals surface area contributed by atoms with E-state index < -0.39 is 0 Å². The Bertz CT molecular complexity index is 478. The molecule has 1 aromatic carbocycles. The third-order valence-corrected chi connectivity index (χ3v) is 3.69. The van der Waals surface area contributed by atoms with Gasteiger partial charge < -0.3 is 25.0 Å². The van der Waals surface area contributed by atoms with Crippen molar-refractivity contribution < 1.29 is 14.3 Å². The number of carbonyl (C=O) groups is 1. The Morgan fingerprint density at radius 3 is 2.87 bits per heavy atom. The zero-order chi connectivity index (χ0) is 16.5. The first-order valence-electron chi connectivity index (χ1n) is 8.28. The molecule has 0 aliphatic carbocycles. The maximum atomic E-state index is 11.8. The smallest absolute Gasteiger partial charge is 0.319 e. The summed E-state index contributed by atoms with van der Waals surface area (Å²) in [5.74, 6) is 0. The summed E-state index contributed by atoms with van der Waals surface area (Å²) in [6.07, 6.45) is 1.07. The van der Waals surface area contributed by atoms with Crippen molar-refractivity contribution in [1.82, 2.24) is 5.32 Å². The molecule has 1 aliphatic rings. The quantitative estimate of drug-likeness (QED) is 0.757. The normalized spacial score (nSPS) is 17.8. The van der Waals surface area contributed by atoms with E-state index in [-0.39, 0.29) is 12.1 Å². The lowest BCUT2D eigenvalue weighted by molar-refractivity contribution is 0.0532. The summed E-state index contributed by atoms with van der Waals surface area (Å²) in [5.41, 5.74) is 1.94. The van der Waals surface area contributed by atoms with Crippen molar-refractivity contribution >= 4 is 17.4 Å². The van der Waals surface area contributed by atoms with Crippen molar-refractivity contribution in [3.8, 4) is 0 Å². The number of nitrogens with one attached hydrogen (secondary N) is 2. The Morgan fingerprint density at radius 1 is 1.39 bits per heavy atom. The minimum Gasteiger partial charge on any atom is -0.382 e. The molecule has 2 rings (SSSR count). The van der Waals surface area contributed by atoms with E-state index in [9.17, 15) is 4.79 Å². The molecule has 1 heterocycles. The van der Waals surface area contributed by atoms with Gasteiger partial charge in [-0.2, -0.15) is 0 Å². The van der Waals surface area contributed by atoms with Crippen LogP contribution >= 0.6 is 0 Å². The summed E-state index contributed by atoms with van der Waals surface area (Å²) in [6.45, 7) is 8.58. The molecule has 128 valence electrons. The Hall–Kier alpha value is -1.79. The molecule has 1 unspecified atom stereocenters. The van der Waals surface area contributed by atoms with Gasteiger partial charge in [0.2, 0.25) is 0 Å². The molecule has 1 atom stereocenters. The average molecular weight is 321 g/mol. The zero-order valence-electron chi connectivity index (χ0n) is 14.0. The van der Waals surface area contributed by atoms with E-state index in [1.165, 1.54) is 0 Å². The molecule has 23 heavy (non-hydrogen) atoms. The van der Waals surface area contributed by atoms with Crippen LogP contribution in [0.3, 0.4) is 0 Å². The number of nitrogens with zero attached hydrogens (tertiary/aromatic N) is 1. The van der Waals surface area contributed by atoms with Crippen LogP contribution in [0.2, 0.25) is 0 Å². The second kappa shape index (κ2) is 9.37. The molecule has 2 amide bonds. The van der Waals surface area contributed by atoms with Gasteiger partial charge in [-0.1, -0.05) is 0 Å². The number of rotatable bonds is 7. The second-order valence-electron chi connectivity index (χ2n) is 5.61. The number of hydrogen-bond donors (Lipinski definition) is 2. The highest BCUT2D eigenvalue weighted by Gasteiger charge is 2.16. The number of morpholine rings is 1. The van der Waals surface area contributed by atoms with Crippen molar-refractivity contribution in [3.63, 3.8) is 0 Å². The van der Waals surface area contributed by atoms with E-state index in [2.05, 4.69) is 22.5 Å². The van der Waals surface area contributed by atoms with Crippen molar-refractivity contribution in [2.24, 2.45) is 0 Å². The molecule has 1 saturated heterocycles. The van der Waals surface area contributed by atoms with Gasteiger partial charge in [-0.3, -0.25) is 0 Å². The molecule has 1 aromatic rings. The van der Waals surface area contributed by atoms with Gasteiger partial charge in [0.25, 0.3) is 0 Å². The summed E-state index contributed by atoms with van der Waals surface area (Å²) in [6, 6.07) is 7.73. The zero-order valence-corrected chi connectivity index (χ0v) is 14.0. The van der Waals surface area contributed by atoms with Crippen molar-refractivity contribution in [2.75, 3.05) is 49.7 Å². The van der Waals surface area contributed by atoms with Gasteiger partial charge in [0.15, 0.2) is 0 Å². The van der Waals surface area contributed by atoms with E-state index in [0.717, 1.165) is 37.5 Å². The van der Waals surface area contributed by atoms with Crippen LogP contribution in [0, 0.1) is 0 Å². The Kier molecular flexibility index (Phi) is 7.16. The molecule has 6 nitrogen and oxygen atoms in total. The lowest BCUT2D eigenvalue weighted by Crippen LogP contribution is -2.41. The van der Waals surface area contributed by atoms with Crippen LogP contribution in [0.1, 0.15) is 20.3 Å². The second-order valence-corrected chi connectivity index (χ2v) is 5.61. The molecule has 2 N–H and O–H groups in total. The number of urea groups is 1. The highest BCUT2D eigenvalue weighted by molar-refractivity contribution is 5.89. The van der Waals surface area contributed by atoms with Crippen LogP contribution in [0.5, 0.6) is 0 Å². The molecular weight excluding hydrogens is 294 g/mol. The average Bonchev–Trinajstić information content (AvgIpc) is 2.55. The van der Waals surface area contributed by atoms with E-state index in [1.54, 1.807) is 0 Å². The predicted octanol–water partition coefficient (Wildman–Crippen LogP) is 2.46. The molecule has 0 radical (unpaired) electrons. The lowest BCUT2D eigenvalue weighted by atomic mass is 10.2. The topological polar surface area (TPSA) is 62.8 Å². The molecule has 0 aromatic heterocycles. The number of ether oxygens (including phenoxy) is 2. The van der Waals surface area contributed by atoms with Crippen LogP contribution in [0.25, 0.3) is 0 Å². The molecule has 0 saturated carbocycles. The summed E-state index contributed by atoms with van der Waals surface area (Å²) in [7, 11) is 0. The molecular formula is C17H27N3O3. The fourth-order valence-electron chi connectivity index (χ4n) is 2.50. The summed E-state index contributed by atoms with van der Waals surface area (Å²) in [5, 5.41) is 5.65. The summed E-state index contributed by atoms with van der Waals surface area (Å²) < 4.78 is 10.8. The Balaban J connectivity index is 1.75. The van der Waals surface area contributed by atoms with Crippen LogP contribution < -0.4 is 15.5 Å². The van der Waals surface area contributed by atoms with E-state index >= 15 is 0 Å². The number of amides is 2. The van der Waals surface area contributed by atoms with Gasteiger partial charge in [0.1, 0.15) is 0 Å². The van der Waals surface area contributed by atoms with Gasteiger partial charge in [0, 0.05) is 44.2 Å². The van der Waals surface area contributed by atoms with Gasteiger partial charge >= 0.3 is 6.03 Å². The SMILES string of the molecule is CCOCCCNC(=O)Nc1ccc(N2CCOC(C)C2)cc1. The third-order valence-electron chi connectivity index (χ3n) is 3.69. The minimum atomic E-state index is -0.186. The van der Waals surface area contributed by atoms with E-state index in [1.807, 2.05) is 31.2 Å². The van der Waals surface area contributed by atoms with Crippen LogP contribution in [0.4, 0.5) is 16.2 Å². The molecule has 1 fully saturated rings. The summed E-state index contributed by atoms with van der Waals surface area (Å²) >= 11 is 0. The third kappa shape index (κ3) is 6.08. The number of hydrogen-bond acceptors (Lipinski definition) is 4. The first-order chi connectivity index (χ1) is 11.2. The number of benzene rings is 1. The number of carbonyl (C=O) groups excluding carboxylic acids is 1. The van der Waals surface area contributed by atoms with Crippen LogP contribution in [-0.4, -0.2) is 51.6 Å². The predicted molar refractivity (Wildman–Crippen MR) is 92.2 cm³/mol. The maximum Gasteiger partial charge on any atom is 0.319 e. The Morgan fingerprint density at radius 2 is 2.17 bits per heavy atom. The van der Waals surface area contributed by atoms with Crippen LogP contribution in [0.15, 0.2) is 24.3 Å². The fraction of sp³-hybridized carbons (Fsp3) is 0.588. The highest BCUT2D eigenvalue weighted by Crippen LogP contribution is 2.20. The van der Waals surface area contributed by atoms with Gasteiger partial charge in [-0.05, 0) is 44.5 Å². The highest BCUT2D eigenvalue weighted by atomic mass is 16.5. The molecule has 0 bridgehead atoms. The minimum absolute atomic E-state index is 0.186. The standard InChI is InChI=1S/C17H27N3O3/c1-3-22-11-4-9-18-17(21)19-15-5-7-16(8-6-15)20-10-12-23-14(2)13-20/h5-8,14H,3-4,9-13H2,1-2H3,(H2,18,19,21). The molecule has 0 spiro atoms. The fourth-order valence-corrected chi connectivity index (χ4v) is 2.50. The number of anilines is 2. The lowest BCUT2D eigenvalue weighted by Gasteiger charge is -2.33. The monoisotopic (exact) mass is 321 g/mol. The van der Waals surface area contributed by atoms with Gasteiger partial charge in [0.05, 0.1) is 12.7 Å². The van der Waals surface area contributed by atoms with Crippen molar-refractivity contribution in [2.45, 2.75) is 26.4 Å². The first kappa shape index (κ1) is 17.6. The van der Waals surface area contributed by atoms with Crippen molar-refractivity contribution in [1.29, 1.82) is 0 Å². The molecule has 1 aliphatic heterocycles. The van der Waals surface area contributed by atoms with E-state index in [0.29, 0.717) is 19.8 Å². The Labute approximate surface area is 138 Å². The van der Waals surface area contributed by atoms with Crippen molar-refractivity contribution in [3.05, 3.63) is 24.3 Å². The molecule has 6 heteroatoms. The first-order valence-corrected chi connectivity index (χ1v) is 8.28. The maximum absolute atomic E-state index is 11.8. The van der Waals surface area contributed by atoms with Gasteiger partial charge in [-0.15, -0.1) is 0 Å². The van der Waals surface area contributed by atoms with E-state index in [4.69, 9.17) is 9.47 Å².